The quantitative estimate of drug-likeness (QED) is 0.644. The first kappa shape index (κ1) is 14.3. The maximum atomic E-state index is 11.5. The van der Waals surface area contributed by atoms with Gasteiger partial charge in [0.25, 0.3) is 0 Å². The van der Waals surface area contributed by atoms with Crippen LogP contribution in [0.25, 0.3) is 0 Å². The zero-order valence-electron chi connectivity index (χ0n) is 11.4. The maximum absolute atomic E-state index is 11.5. The molecule has 1 saturated heterocycles. The Labute approximate surface area is 105 Å². The lowest BCUT2D eigenvalue weighted by molar-refractivity contribution is 0.175. The minimum Gasteiger partial charge on any atom is -0.338 e. The molecule has 0 aromatic heterocycles. The molecule has 0 spiro atoms. The lowest BCUT2D eigenvalue weighted by Gasteiger charge is -2.39. The fourth-order valence-corrected chi connectivity index (χ4v) is 2.26. The number of amides is 2. The molecule has 0 saturated carbocycles. The van der Waals surface area contributed by atoms with Crippen LogP contribution in [-0.2, 0) is 0 Å². The van der Waals surface area contributed by atoms with Crippen LogP contribution in [0.3, 0.4) is 0 Å². The molecule has 0 aliphatic carbocycles. The number of piperidine rings is 1. The van der Waals surface area contributed by atoms with Crippen molar-refractivity contribution in [1.29, 1.82) is 0 Å². The number of unbranched alkanes of at least 4 members (excludes halogenated alkanes) is 1. The van der Waals surface area contributed by atoms with Crippen molar-refractivity contribution >= 4 is 6.03 Å². The van der Waals surface area contributed by atoms with Gasteiger partial charge in [0.15, 0.2) is 0 Å². The summed E-state index contributed by atoms with van der Waals surface area (Å²) in [6, 6.07) is 0.342. The average molecular weight is 241 g/mol. The van der Waals surface area contributed by atoms with Crippen molar-refractivity contribution in [3.63, 3.8) is 0 Å². The smallest absolute Gasteiger partial charge is 0.314 e. The summed E-state index contributed by atoms with van der Waals surface area (Å²) in [5, 5.41) is 9.32. The van der Waals surface area contributed by atoms with Crippen LogP contribution in [0.4, 0.5) is 4.79 Å². The molecule has 0 aromatic rings. The highest BCUT2D eigenvalue weighted by molar-refractivity contribution is 5.73. The molecule has 1 rings (SSSR count). The molecule has 3 N–H and O–H groups in total. The third-order valence-corrected chi connectivity index (χ3v) is 3.61. The summed E-state index contributed by atoms with van der Waals surface area (Å²) in [6.07, 6.45) is 4.61. The topological polar surface area (TPSA) is 53.2 Å². The minimum absolute atomic E-state index is 0.0402. The van der Waals surface area contributed by atoms with Crippen LogP contribution in [0.5, 0.6) is 0 Å². The molecule has 1 atom stereocenters. The van der Waals surface area contributed by atoms with Crippen LogP contribution in [0.15, 0.2) is 0 Å². The fourth-order valence-electron chi connectivity index (χ4n) is 2.26. The van der Waals surface area contributed by atoms with Crippen LogP contribution in [0.2, 0.25) is 0 Å². The zero-order valence-corrected chi connectivity index (χ0v) is 11.4. The monoisotopic (exact) mass is 241 g/mol. The van der Waals surface area contributed by atoms with Crippen molar-refractivity contribution < 1.29 is 4.79 Å². The molecule has 1 aliphatic heterocycles. The third-order valence-electron chi connectivity index (χ3n) is 3.61. The molecule has 0 radical (unpaired) electrons. The highest BCUT2D eigenvalue weighted by Gasteiger charge is 2.31. The maximum Gasteiger partial charge on any atom is 0.314 e. The number of hydrogen-bond acceptors (Lipinski definition) is 2. The fraction of sp³-hybridized carbons (Fsp3) is 0.923. The lowest BCUT2D eigenvalue weighted by atomic mass is 9.77. The first-order valence-corrected chi connectivity index (χ1v) is 6.81. The van der Waals surface area contributed by atoms with Crippen LogP contribution in [-0.4, -0.2) is 31.7 Å². The van der Waals surface area contributed by atoms with Gasteiger partial charge in [-0.3, -0.25) is 0 Å². The molecule has 2 amide bonds. The van der Waals surface area contributed by atoms with Crippen LogP contribution >= 0.6 is 0 Å². The van der Waals surface area contributed by atoms with E-state index in [2.05, 4.69) is 36.7 Å². The summed E-state index contributed by atoms with van der Waals surface area (Å²) in [7, 11) is 0. The molecule has 0 bridgehead atoms. The van der Waals surface area contributed by atoms with Gasteiger partial charge in [-0.25, -0.2) is 4.79 Å². The second-order valence-electron chi connectivity index (χ2n) is 5.59. The molecule has 1 aliphatic rings. The Morgan fingerprint density at radius 3 is 2.82 bits per heavy atom. The Morgan fingerprint density at radius 2 is 2.18 bits per heavy atom. The molecule has 4 heteroatoms. The van der Waals surface area contributed by atoms with E-state index in [1.165, 1.54) is 12.8 Å². The SMILES string of the molecule is CCCCNC(=O)NCC1NCCCC1(C)C. The van der Waals surface area contributed by atoms with E-state index in [9.17, 15) is 4.79 Å². The van der Waals surface area contributed by atoms with Gasteiger partial charge in [0, 0.05) is 19.1 Å². The molecule has 0 aromatic carbocycles. The van der Waals surface area contributed by atoms with Crippen molar-refractivity contribution in [2.45, 2.75) is 52.5 Å². The van der Waals surface area contributed by atoms with E-state index in [4.69, 9.17) is 0 Å². The van der Waals surface area contributed by atoms with Gasteiger partial charge in [0.2, 0.25) is 0 Å². The number of urea groups is 1. The van der Waals surface area contributed by atoms with Crippen LogP contribution in [0.1, 0.15) is 46.5 Å². The number of carbonyl (C=O) groups excluding carboxylic acids is 1. The van der Waals surface area contributed by atoms with E-state index in [-0.39, 0.29) is 11.4 Å². The number of carbonyl (C=O) groups is 1. The zero-order chi connectivity index (χ0) is 12.7. The predicted octanol–water partition coefficient (Wildman–Crippen LogP) is 1.86. The summed E-state index contributed by atoms with van der Waals surface area (Å²) in [5.41, 5.74) is 0.273. The average Bonchev–Trinajstić information content (AvgIpc) is 2.27. The lowest BCUT2D eigenvalue weighted by Crippen LogP contribution is -2.54. The van der Waals surface area contributed by atoms with E-state index in [1.807, 2.05) is 0 Å². The van der Waals surface area contributed by atoms with E-state index in [0.717, 1.165) is 25.9 Å². The standard InChI is InChI=1S/C13H27N3O/c1-4-5-8-15-12(17)16-10-11-13(2,3)7-6-9-14-11/h11,14H,4-10H2,1-3H3,(H2,15,16,17). The number of hydrogen-bond donors (Lipinski definition) is 3. The van der Waals surface area contributed by atoms with E-state index in [1.54, 1.807) is 0 Å². The molecule has 17 heavy (non-hydrogen) atoms. The van der Waals surface area contributed by atoms with Crippen LogP contribution in [0, 0.1) is 5.41 Å². The van der Waals surface area contributed by atoms with Gasteiger partial charge in [-0.15, -0.1) is 0 Å². The van der Waals surface area contributed by atoms with Gasteiger partial charge in [-0.05, 0) is 31.2 Å². The Kier molecular flexibility index (Phi) is 5.75. The number of nitrogens with one attached hydrogen (secondary N) is 3. The molecular weight excluding hydrogens is 214 g/mol. The van der Waals surface area contributed by atoms with Gasteiger partial charge in [-0.2, -0.15) is 0 Å². The van der Waals surface area contributed by atoms with Gasteiger partial charge in [0.05, 0.1) is 0 Å². The molecule has 100 valence electrons. The first-order valence-electron chi connectivity index (χ1n) is 6.81. The van der Waals surface area contributed by atoms with Gasteiger partial charge < -0.3 is 16.0 Å². The summed E-state index contributed by atoms with van der Waals surface area (Å²) in [6.45, 7) is 9.19. The second-order valence-corrected chi connectivity index (χ2v) is 5.59. The third kappa shape index (κ3) is 4.94. The minimum atomic E-state index is -0.0402. The Morgan fingerprint density at radius 1 is 1.41 bits per heavy atom. The van der Waals surface area contributed by atoms with E-state index >= 15 is 0 Å². The van der Waals surface area contributed by atoms with Gasteiger partial charge in [0.1, 0.15) is 0 Å². The Balaban J connectivity index is 2.22. The normalized spacial score (nSPS) is 23.1. The van der Waals surface area contributed by atoms with E-state index in [0.29, 0.717) is 12.6 Å². The first-order chi connectivity index (χ1) is 8.06. The van der Waals surface area contributed by atoms with Crippen molar-refractivity contribution in [3.05, 3.63) is 0 Å². The molecule has 1 fully saturated rings. The van der Waals surface area contributed by atoms with Crippen molar-refractivity contribution in [2.24, 2.45) is 5.41 Å². The van der Waals surface area contributed by atoms with Crippen molar-refractivity contribution in [1.82, 2.24) is 16.0 Å². The molecular formula is C13H27N3O. The van der Waals surface area contributed by atoms with Gasteiger partial charge in [-0.1, -0.05) is 27.2 Å². The molecule has 4 nitrogen and oxygen atoms in total. The highest BCUT2D eigenvalue weighted by atomic mass is 16.2. The Bertz CT molecular complexity index is 241. The summed E-state index contributed by atoms with van der Waals surface area (Å²) < 4.78 is 0. The summed E-state index contributed by atoms with van der Waals surface area (Å²) >= 11 is 0. The van der Waals surface area contributed by atoms with Crippen molar-refractivity contribution in [3.8, 4) is 0 Å². The van der Waals surface area contributed by atoms with Crippen LogP contribution < -0.4 is 16.0 Å². The summed E-state index contributed by atoms with van der Waals surface area (Å²) in [5.74, 6) is 0. The number of rotatable bonds is 5. The second kappa shape index (κ2) is 6.84. The summed E-state index contributed by atoms with van der Waals surface area (Å²) in [4.78, 5) is 11.5. The van der Waals surface area contributed by atoms with Crippen molar-refractivity contribution in [2.75, 3.05) is 19.6 Å². The Hall–Kier alpha value is -0.770. The molecule has 1 heterocycles. The molecule has 1 unspecified atom stereocenters. The largest absolute Gasteiger partial charge is 0.338 e. The van der Waals surface area contributed by atoms with Gasteiger partial charge >= 0.3 is 6.03 Å². The predicted molar refractivity (Wildman–Crippen MR) is 71.1 cm³/mol. The highest BCUT2D eigenvalue weighted by Crippen LogP contribution is 2.29. The van der Waals surface area contributed by atoms with E-state index < -0.39 is 0 Å².